The number of hydrogen-bond acceptors (Lipinski definition) is 5. The van der Waals surface area contributed by atoms with E-state index in [0.29, 0.717) is 32.5 Å². The van der Waals surface area contributed by atoms with E-state index >= 15 is 0 Å². The number of sulfonamides is 1. The highest BCUT2D eigenvalue weighted by molar-refractivity contribution is 7.89. The van der Waals surface area contributed by atoms with Crippen molar-refractivity contribution in [2.75, 3.05) is 32.1 Å². The van der Waals surface area contributed by atoms with E-state index in [-0.39, 0.29) is 15.6 Å². The molecule has 2 rings (SSSR count). The Bertz CT molecular complexity index is 811. The summed E-state index contributed by atoms with van der Waals surface area (Å²) in [5, 5.41) is 2.86. The zero-order valence-electron chi connectivity index (χ0n) is 15.6. The van der Waals surface area contributed by atoms with E-state index in [1.807, 2.05) is 0 Å². The van der Waals surface area contributed by atoms with Crippen LogP contribution in [-0.4, -0.2) is 62.4 Å². The molecular formula is C17H24ClN3O5S. The van der Waals surface area contributed by atoms with Crippen molar-refractivity contribution in [3.63, 3.8) is 0 Å². The molecule has 1 atom stereocenters. The Morgan fingerprint density at radius 1 is 1.33 bits per heavy atom. The minimum absolute atomic E-state index is 0.0437. The Morgan fingerprint density at radius 3 is 2.59 bits per heavy atom. The van der Waals surface area contributed by atoms with E-state index in [1.54, 1.807) is 13.8 Å². The smallest absolute Gasteiger partial charge is 0.410 e. The number of hydrogen-bond donors (Lipinski definition) is 1. The van der Waals surface area contributed by atoms with Gasteiger partial charge in [0.1, 0.15) is 6.04 Å². The Labute approximate surface area is 164 Å². The van der Waals surface area contributed by atoms with Gasteiger partial charge in [0.25, 0.3) is 0 Å². The molecule has 1 fully saturated rings. The summed E-state index contributed by atoms with van der Waals surface area (Å²) in [6.45, 7) is 4.59. The van der Waals surface area contributed by atoms with Gasteiger partial charge in [-0.1, -0.05) is 25.4 Å². The molecule has 1 unspecified atom stereocenters. The van der Waals surface area contributed by atoms with E-state index in [9.17, 15) is 18.0 Å². The molecular weight excluding hydrogens is 394 g/mol. The van der Waals surface area contributed by atoms with Crippen molar-refractivity contribution in [3.8, 4) is 0 Å². The van der Waals surface area contributed by atoms with Gasteiger partial charge in [0.15, 0.2) is 0 Å². The molecule has 27 heavy (non-hydrogen) atoms. The summed E-state index contributed by atoms with van der Waals surface area (Å²) in [7, 11) is -2.43. The van der Waals surface area contributed by atoms with Crippen molar-refractivity contribution in [2.24, 2.45) is 0 Å². The van der Waals surface area contributed by atoms with Gasteiger partial charge in [0.2, 0.25) is 15.9 Å². The van der Waals surface area contributed by atoms with Crippen molar-refractivity contribution >= 4 is 39.3 Å². The molecule has 0 radical (unpaired) electrons. The molecule has 0 aromatic heterocycles. The van der Waals surface area contributed by atoms with Gasteiger partial charge in [-0.25, -0.2) is 13.2 Å². The van der Waals surface area contributed by atoms with E-state index in [1.165, 1.54) is 34.5 Å². The first-order valence-electron chi connectivity index (χ1n) is 8.71. The van der Waals surface area contributed by atoms with Gasteiger partial charge in [-0.05, 0) is 31.0 Å². The molecule has 1 heterocycles. The molecule has 2 amide bonds. The molecule has 1 saturated heterocycles. The Morgan fingerprint density at radius 2 is 2.00 bits per heavy atom. The summed E-state index contributed by atoms with van der Waals surface area (Å²) in [5.41, 5.74) is 0.187. The molecule has 0 spiro atoms. The number of likely N-dealkylation sites (tertiary alicyclic amines) is 1. The lowest BCUT2D eigenvalue weighted by molar-refractivity contribution is -0.119. The number of nitrogens with zero attached hydrogens (tertiary/aromatic N) is 2. The number of anilines is 1. The van der Waals surface area contributed by atoms with Crippen molar-refractivity contribution < 1.29 is 22.7 Å². The highest BCUT2D eigenvalue weighted by Crippen LogP contribution is 2.28. The van der Waals surface area contributed by atoms with Crippen LogP contribution in [0.2, 0.25) is 5.02 Å². The van der Waals surface area contributed by atoms with E-state index in [2.05, 4.69) is 5.32 Å². The van der Waals surface area contributed by atoms with Gasteiger partial charge >= 0.3 is 6.09 Å². The Kier molecular flexibility index (Phi) is 7.07. The number of carbonyl (C=O) groups is 2. The lowest BCUT2D eigenvalue weighted by atomic mass is 10.2. The maximum atomic E-state index is 12.7. The highest BCUT2D eigenvalue weighted by Gasteiger charge is 2.35. The molecule has 1 aromatic carbocycles. The maximum Gasteiger partial charge on any atom is 0.410 e. The second kappa shape index (κ2) is 8.90. The van der Waals surface area contributed by atoms with Crippen LogP contribution in [0.5, 0.6) is 0 Å². The first-order valence-corrected chi connectivity index (χ1v) is 10.5. The number of amides is 2. The normalized spacial score (nSPS) is 17.2. The van der Waals surface area contributed by atoms with Crippen LogP contribution >= 0.6 is 11.6 Å². The van der Waals surface area contributed by atoms with Gasteiger partial charge in [-0.15, -0.1) is 0 Å². The first-order chi connectivity index (χ1) is 12.8. The number of carbonyl (C=O) groups excluding carboxylic acids is 2. The summed E-state index contributed by atoms with van der Waals surface area (Å²) < 4.78 is 31.4. The minimum Gasteiger partial charge on any atom is -0.453 e. The predicted octanol–water partition coefficient (Wildman–Crippen LogP) is 2.54. The fraction of sp³-hybridized carbons (Fsp3) is 0.529. The predicted molar refractivity (Wildman–Crippen MR) is 102 cm³/mol. The number of nitrogens with one attached hydrogen (secondary N) is 1. The van der Waals surface area contributed by atoms with Gasteiger partial charge in [0, 0.05) is 19.6 Å². The molecule has 1 N–H and O–H groups in total. The van der Waals surface area contributed by atoms with Crippen LogP contribution in [0.1, 0.15) is 26.7 Å². The molecule has 1 aromatic rings. The molecule has 1 aliphatic heterocycles. The monoisotopic (exact) mass is 417 g/mol. The van der Waals surface area contributed by atoms with Crippen LogP contribution < -0.4 is 5.32 Å². The summed E-state index contributed by atoms with van der Waals surface area (Å²) in [6, 6.07) is 3.49. The molecule has 150 valence electrons. The van der Waals surface area contributed by atoms with Crippen molar-refractivity contribution in [3.05, 3.63) is 23.2 Å². The maximum absolute atomic E-state index is 12.7. The number of ether oxygens (including phenoxy) is 1. The number of methoxy groups -OCH3 is 1. The SMILES string of the molecule is CCN(CC)S(=O)(=O)c1ccc(Cl)c(NC(=O)C2CCCN2C(=O)OC)c1. The first kappa shape index (κ1) is 21.5. The van der Waals surface area contributed by atoms with Gasteiger partial charge in [0.05, 0.1) is 22.7 Å². The quantitative estimate of drug-likeness (QED) is 0.767. The number of halogens is 1. The summed E-state index contributed by atoms with van der Waals surface area (Å²) >= 11 is 6.14. The van der Waals surface area contributed by atoms with Crippen molar-refractivity contribution in [1.29, 1.82) is 0 Å². The van der Waals surface area contributed by atoms with Gasteiger partial charge < -0.3 is 10.1 Å². The summed E-state index contributed by atoms with van der Waals surface area (Å²) in [5.74, 6) is -0.433. The molecule has 8 nitrogen and oxygen atoms in total. The van der Waals surface area contributed by atoms with Crippen LogP contribution in [0.3, 0.4) is 0 Å². The molecule has 0 aliphatic carbocycles. The Hall–Kier alpha value is -1.84. The average Bonchev–Trinajstić information content (AvgIpc) is 3.13. The van der Waals surface area contributed by atoms with Crippen LogP contribution in [0.15, 0.2) is 23.1 Å². The fourth-order valence-electron chi connectivity index (χ4n) is 3.06. The Balaban J connectivity index is 2.27. The van der Waals surface area contributed by atoms with Crippen LogP contribution in [-0.2, 0) is 19.6 Å². The third kappa shape index (κ3) is 4.53. The zero-order valence-corrected chi connectivity index (χ0v) is 17.1. The van der Waals surface area contributed by atoms with Crippen molar-refractivity contribution in [2.45, 2.75) is 37.6 Å². The van der Waals surface area contributed by atoms with E-state index in [4.69, 9.17) is 16.3 Å². The largest absolute Gasteiger partial charge is 0.453 e. The van der Waals surface area contributed by atoms with Crippen LogP contribution in [0.25, 0.3) is 0 Å². The summed E-state index contributed by atoms with van der Waals surface area (Å²) in [4.78, 5) is 25.8. The minimum atomic E-state index is -3.68. The number of benzene rings is 1. The molecule has 10 heteroatoms. The average molecular weight is 418 g/mol. The number of rotatable bonds is 6. The van der Waals surface area contributed by atoms with Crippen LogP contribution in [0.4, 0.5) is 10.5 Å². The topological polar surface area (TPSA) is 96.0 Å². The molecule has 0 saturated carbocycles. The molecule has 0 bridgehead atoms. The lowest BCUT2D eigenvalue weighted by Gasteiger charge is -2.23. The van der Waals surface area contributed by atoms with Gasteiger partial charge in [-0.3, -0.25) is 9.69 Å². The third-order valence-electron chi connectivity index (χ3n) is 4.50. The summed E-state index contributed by atoms with van der Waals surface area (Å²) in [6.07, 6.45) is 0.601. The van der Waals surface area contributed by atoms with E-state index < -0.39 is 28.1 Å². The highest BCUT2D eigenvalue weighted by atomic mass is 35.5. The lowest BCUT2D eigenvalue weighted by Crippen LogP contribution is -2.43. The van der Waals surface area contributed by atoms with Crippen LogP contribution in [0, 0.1) is 0 Å². The second-order valence-electron chi connectivity index (χ2n) is 6.04. The molecule has 1 aliphatic rings. The van der Waals surface area contributed by atoms with E-state index in [0.717, 1.165) is 0 Å². The zero-order chi connectivity index (χ0) is 20.2. The second-order valence-corrected chi connectivity index (χ2v) is 8.39. The fourth-order valence-corrected chi connectivity index (χ4v) is 4.71. The van der Waals surface area contributed by atoms with Gasteiger partial charge in [-0.2, -0.15) is 4.31 Å². The van der Waals surface area contributed by atoms with Crippen molar-refractivity contribution in [1.82, 2.24) is 9.21 Å². The standard InChI is InChI=1S/C17H24ClN3O5S/c1-4-20(5-2)27(24,25)12-8-9-13(18)14(11-12)19-16(22)15-7-6-10-21(15)17(23)26-3/h8-9,11,15H,4-7,10H2,1-3H3,(H,19,22). The third-order valence-corrected chi connectivity index (χ3v) is 6.88.